The second-order valence-corrected chi connectivity index (χ2v) is 6.58. The van der Waals surface area contributed by atoms with Gasteiger partial charge in [-0.15, -0.1) is 11.3 Å². The fourth-order valence-corrected chi connectivity index (χ4v) is 4.11. The van der Waals surface area contributed by atoms with Crippen molar-refractivity contribution in [1.82, 2.24) is 0 Å². The second kappa shape index (κ2) is 5.35. The standard InChI is InChI=1S/C18H13FO3S/c19-12-4-5-13-15(9-12)23-17(18(20)21)16(13)11-3-6-14-10(8-11)2-1-7-22-14/h3-6,8-9H,1-2,7H2,(H,20,21). The molecule has 3 nitrogen and oxygen atoms in total. The fourth-order valence-electron chi connectivity index (χ4n) is 3.02. The van der Waals surface area contributed by atoms with E-state index >= 15 is 0 Å². The van der Waals surface area contributed by atoms with Crippen molar-refractivity contribution in [2.24, 2.45) is 0 Å². The molecule has 0 spiro atoms. The van der Waals surface area contributed by atoms with Crippen molar-refractivity contribution in [3.05, 3.63) is 52.7 Å². The smallest absolute Gasteiger partial charge is 0.346 e. The number of ether oxygens (including phenoxy) is 1. The first kappa shape index (κ1) is 14.2. The van der Waals surface area contributed by atoms with Crippen LogP contribution < -0.4 is 4.74 Å². The van der Waals surface area contributed by atoms with Gasteiger partial charge in [0.1, 0.15) is 16.4 Å². The van der Waals surface area contributed by atoms with Gasteiger partial charge >= 0.3 is 5.97 Å². The highest BCUT2D eigenvalue weighted by Gasteiger charge is 2.21. The Morgan fingerprint density at radius 3 is 2.91 bits per heavy atom. The average molecular weight is 328 g/mol. The summed E-state index contributed by atoms with van der Waals surface area (Å²) >= 11 is 1.11. The zero-order chi connectivity index (χ0) is 16.0. The van der Waals surface area contributed by atoms with Gasteiger partial charge in [0, 0.05) is 15.6 Å². The molecular formula is C18H13FO3S. The molecule has 23 heavy (non-hydrogen) atoms. The Kier molecular flexibility index (Phi) is 3.31. The third-order valence-corrected chi connectivity index (χ3v) is 5.18. The quantitative estimate of drug-likeness (QED) is 0.740. The van der Waals surface area contributed by atoms with E-state index in [1.165, 1.54) is 12.1 Å². The number of fused-ring (bicyclic) bond motifs is 2. The maximum atomic E-state index is 13.4. The molecule has 0 atom stereocenters. The summed E-state index contributed by atoms with van der Waals surface area (Å²) in [7, 11) is 0. The van der Waals surface area contributed by atoms with Crippen LogP contribution in [0.3, 0.4) is 0 Å². The molecule has 1 aromatic heterocycles. The van der Waals surface area contributed by atoms with E-state index in [9.17, 15) is 14.3 Å². The Labute approximate surface area is 135 Å². The Morgan fingerprint density at radius 2 is 2.09 bits per heavy atom. The van der Waals surface area contributed by atoms with Crippen LogP contribution in [-0.2, 0) is 6.42 Å². The van der Waals surface area contributed by atoms with E-state index in [0.29, 0.717) is 16.9 Å². The molecule has 3 aromatic rings. The lowest BCUT2D eigenvalue weighted by Gasteiger charge is -2.18. The number of halogens is 1. The molecule has 2 heterocycles. The van der Waals surface area contributed by atoms with Crippen LogP contribution >= 0.6 is 11.3 Å². The largest absolute Gasteiger partial charge is 0.493 e. The van der Waals surface area contributed by atoms with Gasteiger partial charge in [-0.1, -0.05) is 6.07 Å². The van der Waals surface area contributed by atoms with E-state index in [0.717, 1.165) is 46.4 Å². The summed E-state index contributed by atoms with van der Waals surface area (Å²) in [4.78, 5) is 11.9. The van der Waals surface area contributed by atoms with Crippen molar-refractivity contribution in [1.29, 1.82) is 0 Å². The van der Waals surface area contributed by atoms with Crippen LogP contribution in [0.2, 0.25) is 0 Å². The van der Waals surface area contributed by atoms with Crippen molar-refractivity contribution in [3.63, 3.8) is 0 Å². The number of aryl methyl sites for hydroxylation is 1. The molecule has 2 aromatic carbocycles. The zero-order valence-electron chi connectivity index (χ0n) is 12.1. The number of carboxylic acid groups (broad SMARTS) is 1. The van der Waals surface area contributed by atoms with Crippen molar-refractivity contribution >= 4 is 27.4 Å². The van der Waals surface area contributed by atoms with Crippen LogP contribution in [0.1, 0.15) is 21.7 Å². The number of hydrogen-bond donors (Lipinski definition) is 1. The van der Waals surface area contributed by atoms with E-state index in [1.807, 2.05) is 18.2 Å². The van der Waals surface area contributed by atoms with Gasteiger partial charge in [0.2, 0.25) is 0 Å². The summed E-state index contributed by atoms with van der Waals surface area (Å²) < 4.78 is 19.7. The van der Waals surface area contributed by atoms with Gasteiger partial charge in [-0.05, 0) is 54.3 Å². The van der Waals surface area contributed by atoms with Gasteiger partial charge in [-0.3, -0.25) is 0 Å². The summed E-state index contributed by atoms with van der Waals surface area (Å²) in [5.41, 5.74) is 2.59. The first-order valence-electron chi connectivity index (χ1n) is 7.35. The molecule has 0 radical (unpaired) electrons. The van der Waals surface area contributed by atoms with E-state index in [-0.39, 0.29) is 10.7 Å². The molecule has 116 valence electrons. The summed E-state index contributed by atoms with van der Waals surface area (Å²) in [6.45, 7) is 0.716. The van der Waals surface area contributed by atoms with Crippen molar-refractivity contribution in [2.75, 3.05) is 6.61 Å². The summed E-state index contributed by atoms with van der Waals surface area (Å²) in [5, 5.41) is 10.3. The molecule has 5 heteroatoms. The third-order valence-electron chi connectivity index (χ3n) is 4.04. The third kappa shape index (κ3) is 2.37. The van der Waals surface area contributed by atoms with E-state index in [4.69, 9.17) is 4.74 Å². The highest BCUT2D eigenvalue weighted by molar-refractivity contribution is 7.21. The van der Waals surface area contributed by atoms with Gasteiger partial charge < -0.3 is 9.84 Å². The van der Waals surface area contributed by atoms with Gasteiger partial charge in [-0.2, -0.15) is 0 Å². The van der Waals surface area contributed by atoms with Crippen molar-refractivity contribution in [3.8, 4) is 16.9 Å². The van der Waals surface area contributed by atoms with Gasteiger partial charge in [0.15, 0.2) is 0 Å². The monoisotopic (exact) mass is 328 g/mol. The highest BCUT2D eigenvalue weighted by Crippen LogP contribution is 2.41. The van der Waals surface area contributed by atoms with Crippen LogP contribution in [0.5, 0.6) is 5.75 Å². The van der Waals surface area contributed by atoms with E-state index < -0.39 is 5.97 Å². The van der Waals surface area contributed by atoms with Crippen LogP contribution in [0.25, 0.3) is 21.2 Å². The molecule has 0 amide bonds. The van der Waals surface area contributed by atoms with Crippen molar-refractivity contribution in [2.45, 2.75) is 12.8 Å². The maximum Gasteiger partial charge on any atom is 0.346 e. The number of aromatic carboxylic acids is 1. The topological polar surface area (TPSA) is 46.5 Å². The van der Waals surface area contributed by atoms with Crippen molar-refractivity contribution < 1.29 is 19.0 Å². The Bertz CT molecular complexity index is 929. The minimum atomic E-state index is -0.990. The van der Waals surface area contributed by atoms with Crippen LogP contribution in [-0.4, -0.2) is 17.7 Å². The lowest BCUT2D eigenvalue weighted by atomic mass is 9.97. The molecule has 0 aliphatic carbocycles. The van der Waals surface area contributed by atoms with Crippen LogP contribution in [0, 0.1) is 5.82 Å². The second-order valence-electron chi connectivity index (χ2n) is 5.53. The molecule has 4 rings (SSSR count). The van der Waals surface area contributed by atoms with Gasteiger partial charge in [0.25, 0.3) is 0 Å². The highest BCUT2D eigenvalue weighted by atomic mass is 32.1. The predicted molar refractivity (Wildman–Crippen MR) is 88.0 cm³/mol. The molecule has 0 saturated carbocycles. The zero-order valence-corrected chi connectivity index (χ0v) is 13.0. The number of carbonyl (C=O) groups is 1. The number of hydrogen-bond acceptors (Lipinski definition) is 3. The summed E-state index contributed by atoms with van der Waals surface area (Å²) in [5.74, 6) is -0.487. The van der Waals surface area contributed by atoms with Crippen LogP contribution in [0.15, 0.2) is 36.4 Å². The van der Waals surface area contributed by atoms with E-state index in [2.05, 4.69) is 0 Å². The predicted octanol–water partition coefficient (Wildman–Crippen LogP) is 4.73. The molecule has 1 N–H and O–H groups in total. The van der Waals surface area contributed by atoms with Crippen LogP contribution in [0.4, 0.5) is 4.39 Å². The molecule has 0 bridgehead atoms. The average Bonchev–Trinajstić information content (AvgIpc) is 2.93. The Hall–Kier alpha value is -2.40. The number of rotatable bonds is 2. The maximum absolute atomic E-state index is 13.4. The molecule has 0 unspecified atom stereocenters. The lowest BCUT2D eigenvalue weighted by molar-refractivity contribution is 0.0703. The Balaban J connectivity index is 1.97. The molecule has 0 fully saturated rings. The number of thiophene rings is 1. The Morgan fingerprint density at radius 1 is 1.22 bits per heavy atom. The van der Waals surface area contributed by atoms with E-state index in [1.54, 1.807) is 6.07 Å². The normalized spacial score (nSPS) is 13.6. The molecule has 0 saturated heterocycles. The fraction of sp³-hybridized carbons (Fsp3) is 0.167. The minimum Gasteiger partial charge on any atom is -0.493 e. The summed E-state index contributed by atoms with van der Waals surface area (Å²) in [6.07, 6.45) is 1.88. The van der Waals surface area contributed by atoms with Gasteiger partial charge in [-0.25, -0.2) is 9.18 Å². The lowest BCUT2D eigenvalue weighted by Crippen LogP contribution is -2.08. The SMILES string of the molecule is O=C(O)c1sc2cc(F)ccc2c1-c1ccc2c(c1)CCCO2. The molecule has 1 aliphatic rings. The first-order chi connectivity index (χ1) is 11.1. The molecule has 1 aliphatic heterocycles. The summed E-state index contributed by atoms with van der Waals surface area (Å²) in [6, 6.07) is 10.2. The number of carboxylic acids is 1. The minimum absolute atomic E-state index is 0.238. The number of benzene rings is 2. The van der Waals surface area contributed by atoms with Gasteiger partial charge in [0.05, 0.1) is 6.61 Å². The molecular weight excluding hydrogens is 315 g/mol. The first-order valence-corrected chi connectivity index (χ1v) is 8.16.